The number of hydrogen-bond acceptors (Lipinski definition) is 2. The normalized spacial score (nSPS) is 14.0. The predicted molar refractivity (Wildman–Crippen MR) is 99.5 cm³/mol. The second kappa shape index (κ2) is 7.97. The molecule has 4 nitrogen and oxygen atoms in total. The molecule has 1 aliphatic rings. The Bertz CT molecular complexity index is 753. The summed E-state index contributed by atoms with van der Waals surface area (Å²) in [6.07, 6.45) is 3.71. The van der Waals surface area contributed by atoms with Crippen LogP contribution in [0.1, 0.15) is 47.7 Å². The van der Waals surface area contributed by atoms with Gasteiger partial charge in [-0.2, -0.15) is 0 Å². The fraction of sp³-hybridized carbons (Fsp3) is 0.333. The van der Waals surface area contributed by atoms with Crippen molar-refractivity contribution >= 4 is 17.5 Å². The molecule has 1 fully saturated rings. The van der Waals surface area contributed by atoms with Gasteiger partial charge in [0.1, 0.15) is 0 Å². The topological polar surface area (TPSA) is 49.4 Å². The second-order valence-electron chi connectivity index (χ2n) is 6.52. The van der Waals surface area contributed by atoms with Crippen LogP contribution in [-0.4, -0.2) is 23.3 Å². The first kappa shape index (κ1) is 17.2. The van der Waals surface area contributed by atoms with E-state index < -0.39 is 0 Å². The molecule has 1 aliphatic heterocycles. The van der Waals surface area contributed by atoms with Crippen molar-refractivity contribution < 1.29 is 9.59 Å². The van der Waals surface area contributed by atoms with Crippen molar-refractivity contribution in [1.29, 1.82) is 0 Å². The number of nitrogens with zero attached hydrogens (tertiary/aromatic N) is 1. The average Bonchev–Trinajstić information content (AvgIpc) is 3.02. The standard InChI is InChI=1S/C21H24N2O2/c1-2-5-16-9-11-19(12-10-16)22-21(25)18-7-3-6-17(14-18)15-23-13-4-8-20(23)24/h3,6-7,9-12,14H,2,4-5,8,13,15H2,1H3,(H,22,25). The fourth-order valence-corrected chi connectivity index (χ4v) is 3.15. The molecule has 130 valence electrons. The molecule has 0 spiro atoms. The Kier molecular flexibility index (Phi) is 5.49. The molecule has 1 heterocycles. The monoisotopic (exact) mass is 336 g/mol. The number of aryl methyl sites for hydroxylation is 1. The zero-order chi connectivity index (χ0) is 17.6. The maximum absolute atomic E-state index is 12.5. The third-order valence-electron chi connectivity index (χ3n) is 4.48. The van der Waals surface area contributed by atoms with Crippen molar-refractivity contribution in [1.82, 2.24) is 4.90 Å². The number of nitrogens with one attached hydrogen (secondary N) is 1. The molecule has 2 amide bonds. The highest BCUT2D eigenvalue weighted by atomic mass is 16.2. The van der Waals surface area contributed by atoms with Gasteiger partial charge in [0.05, 0.1) is 0 Å². The van der Waals surface area contributed by atoms with Crippen LogP contribution in [0, 0.1) is 0 Å². The molecule has 1 saturated heterocycles. The summed E-state index contributed by atoms with van der Waals surface area (Å²) in [7, 11) is 0. The molecule has 0 bridgehead atoms. The molecular formula is C21H24N2O2. The molecule has 0 radical (unpaired) electrons. The fourth-order valence-electron chi connectivity index (χ4n) is 3.15. The van der Waals surface area contributed by atoms with Gasteiger partial charge in [0.2, 0.25) is 5.91 Å². The molecular weight excluding hydrogens is 312 g/mol. The first-order chi connectivity index (χ1) is 12.2. The van der Waals surface area contributed by atoms with E-state index in [0.717, 1.165) is 37.1 Å². The number of carbonyl (C=O) groups is 2. The largest absolute Gasteiger partial charge is 0.338 e. The van der Waals surface area contributed by atoms with E-state index in [0.29, 0.717) is 18.5 Å². The zero-order valence-electron chi connectivity index (χ0n) is 14.6. The van der Waals surface area contributed by atoms with Gasteiger partial charge >= 0.3 is 0 Å². The average molecular weight is 336 g/mol. The predicted octanol–water partition coefficient (Wildman–Crippen LogP) is 4.01. The summed E-state index contributed by atoms with van der Waals surface area (Å²) < 4.78 is 0. The molecule has 1 N–H and O–H groups in total. The summed E-state index contributed by atoms with van der Waals surface area (Å²) in [4.78, 5) is 26.1. The number of anilines is 1. The van der Waals surface area contributed by atoms with Gasteiger partial charge in [0.25, 0.3) is 5.91 Å². The molecule has 0 atom stereocenters. The Morgan fingerprint density at radius 2 is 1.92 bits per heavy atom. The Balaban J connectivity index is 1.65. The van der Waals surface area contributed by atoms with E-state index in [9.17, 15) is 9.59 Å². The lowest BCUT2D eigenvalue weighted by Gasteiger charge is -2.16. The minimum atomic E-state index is -0.127. The summed E-state index contributed by atoms with van der Waals surface area (Å²) >= 11 is 0. The van der Waals surface area contributed by atoms with E-state index >= 15 is 0 Å². The molecule has 0 aliphatic carbocycles. The van der Waals surface area contributed by atoms with Crippen LogP contribution < -0.4 is 5.32 Å². The van der Waals surface area contributed by atoms with Crippen molar-refractivity contribution in [3.05, 3.63) is 65.2 Å². The molecule has 25 heavy (non-hydrogen) atoms. The van der Waals surface area contributed by atoms with Gasteiger partial charge < -0.3 is 10.2 Å². The van der Waals surface area contributed by atoms with E-state index in [-0.39, 0.29) is 11.8 Å². The van der Waals surface area contributed by atoms with Gasteiger partial charge in [-0.1, -0.05) is 37.6 Å². The summed E-state index contributed by atoms with van der Waals surface area (Å²) in [5, 5.41) is 2.94. The lowest BCUT2D eigenvalue weighted by atomic mass is 10.1. The highest BCUT2D eigenvalue weighted by Gasteiger charge is 2.20. The number of rotatable bonds is 6. The summed E-state index contributed by atoms with van der Waals surface area (Å²) in [6.45, 7) is 3.53. The van der Waals surface area contributed by atoms with Crippen molar-refractivity contribution in [3.63, 3.8) is 0 Å². The summed E-state index contributed by atoms with van der Waals surface area (Å²) in [5.41, 5.74) is 3.67. The Morgan fingerprint density at radius 3 is 2.60 bits per heavy atom. The van der Waals surface area contributed by atoms with Crippen LogP contribution in [0.5, 0.6) is 0 Å². The highest BCUT2D eigenvalue weighted by Crippen LogP contribution is 2.17. The van der Waals surface area contributed by atoms with Crippen LogP contribution in [0.3, 0.4) is 0 Å². The first-order valence-corrected chi connectivity index (χ1v) is 8.92. The Morgan fingerprint density at radius 1 is 1.12 bits per heavy atom. The minimum Gasteiger partial charge on any atom is -0.338 e. The van der Waals surface area contributed by atoms with Crippen molar-refractivity contribution in [2.75, 3.05) is 11.9 Å². The van der Waals surface area contributed by atoms with Gasteiger partial charge in [-0.05, 0) is 48.2 Å². The zero-order valence-corrected chi connectivity index (χ0v) is 14.6. The third-order valence-corrected chi connectivity index (χ3v) is 4.48. The number of hydrogen-bond donors (Lipinski definition) is 1. The van der Waals surface area contributed by atoms with E-state index in [4.69, 9.17) is 0 Å². The molecule has 0 aromatic heterocycles. The molecule has 4 heteroatoms. The molecule has 3 rings (SSSR count). The third kappa shape index (κ3) is 4.47. The van der Waals surface area contributed by atoms with Gasteiger partial charge in [0, 0.05) is 30.8 Å². The van der Waals surface area contributed by atoms with Crippen molar-refractivity contribution in [3.8, 4) is 0 Å². The SMILES string of the molecule is CCCc1ccc(NC(=O)c2cccc(CN3CCCC3=O)c2)cc1. The van der Waals surface area contributed by atoms with Crippen LogP contribution in [0.25, 0.3) is 0 Å². The smallest absolute Gasteiger partial charge is 0.255 e. The van der Waals surface area contributed by atoms with Crippen LogP contribution in [-0.2, 0) is 17.8 Å². The molecule has 2 aromatic carbocycles. The number of benzene rings is 2. The highest BCUT2D eigenvalue weighted by molar-refractivity contribution is 6.04. The van der Waals surface area contributed by atoms with E-state index in [1.807, 2.05) is 35.2 Å². The van der Waals surface area contributed by atoms with E-state index in [1.54, 1.807) is 6.07 Å². The maximum atomic E-state index is 12.5. The molecule has 2 aromatic rings. The Hall–Kier alpha value is -2.62. The Labute approximate surface area is 148 Å². The van der Waals surface area contributed by atoms with Gasteiger partial charge in [-0.25, -0.2) is 0 Å². The lowest BCUT2D eigenvalue weighted by molar-refractivity contribution is -0.128. The summed E-state index contributed by atoms with van der Waals surface area (Å²) in [6, 6.07) is 15.5. The summed E-state index contributed by atoms with van der Waals surface area (Å²) in [5.74, 6) is 0.0693. The van der Waals surface area contributed by atoms with Crippen molar-refractivity contribution in [2.45, 2.75) is 39.2 Å². The van der Waals surface area contributed by atoms with Crippen LogP contribution in [0.2, 0.25) is 0 Å². The van der Waals surface area contributed by atoms with Gasteiger partial charge in [0.15, 0.2) is 0 Å². The van der Waals surface area contributed by atoms with Crippen LogP contribution in [0.15, 0.2) is 48.5 Å². The van der Waals surface area contributed by atoms with Crippen LogP contribution in [0.4, 0.5) is 5.69 Å². The number of carbonyl (C=O) groups excluding carboxylic acids is 2. The minimum absolute atomic E-state index is 0.127. The van der Waals surface area contributed by atoms with Gasteiger partial charge in [-0.3, -0.25) is 9.59 Å². The quantitative estimate of drug-likeness (QED) is 0.866. The number of likely N-dealkylation sites (tertiary alicyclic amines) is 1. The van der Waals surface area contributed by atoms with E-state index in [1.165, 1.54) is 5.56 Å². The first-order valence-electron chi connectivity index (χ1n) is 8.92. The van der Waals surface area contributed by atoms with E-state index in [2.05, 4.69) is 24.4 Å². The second-order valence-corrected chi connectivity index (χ2v) is 6.52. The molecule has 0 saturated carbocycles. The van der Waals surface area contributed by atoms with Gasteiger partial charge in [-0.15, -0.1) is 0 Å². The number of amides is 2. The maximum Gasteiger partial charge on any atom is 0.255 e. The van der Waals surface area contributed by atoms with Crippen molar-refractivity contribution in [2.24, 2.45) is 0 Å². The lowest BCUT2D eigenvalue weighted by Crippen LogP contribution is -2.24. The molecule has 0 unspecified atom stereocenters. The van der Waals surface area contributed by atoms with Crippen LogP contribution >= 0.6 is 0 Å².